The smallest absolute Gasteiger partial charge is 0.135 e. The Morgan fingerprint density at radius 3 is 0.874 bits per heavy atom. The topological polar surface area (TPSA) is 85.1 Å². The zero-order valence-electron chi connectivity index (χ0n) is 56.1. The summed E-state index contributed by atoms with van der Waals surface area (Å²) in [5, 5.41) is 5.74. The Morgan fingerprint density at radius 2 is 0.540 bits per heavy atom. The van der Waals surface area contributed by atoms with Crippen molar-refractivity contribution >= 4 is 95.0 Å². The molecule has 12 rings (SSSR count). The maximum absolute atomic E-state index is 5.49. The number of rotatable bonds is 18. The van der Waals surface area contributed by atoms with Gasteiger partial charge in [-0.15, -0.1) is 0 Å². The van der Waals surface area contributed by atoms with Crippen molar-refractivity contribution in [3.8, 4) is 0 Å². The van der Waals surface area contributed by atoms with Gasteiger partial charge in [-0.1, -0.05) is 101 Å². The molecule has 87 heavy (non-hydrogen) atoms. The van der Waals surface area contributed by atoms with Crippen molar-refractivity contribution in [2.24, 2.45) is 0 Å². The van der Waals surface area contributed by atoms with Gasteiger partial charge in [0.25, 0.3) is 0 Å². The molecule has 1 aliphatic carbocycles. The highest BCUT2D eigenvalue weighted by atomic mass is 16.3. The van der Waals surface area contributed by atoms with Crippen LogP contribution in [0.5, 0.6) is 0 Å². The third-order valence-electron chi connectivity index (χ3n) is 14.6. The third kappa shape index (κ3) is 20.3. The lowest BCUT2D eigenvalue weighted by Gasteiger charge is -2.23. The summed E-state index contributed by atoms with van der Waals surface area (Å²) in [5.74, 6) is 0. The number of allylic oxidation sites excluding steroid dienone is 1. The molecule has 6 aromatic carbocycles. The Kier molecular flexibility index (Phi) is 31.5. The van der Waals surface area contributed by atoms with Crippen LogP contribution in [0.15, 0.2) is 199 Å². The van der Waals surface area contributed by atoms with Crippen LogP contribution in [0.2, 0.25) is 0 Å². The van der Waals surface area contributed by atoms with Gasteiger partial charge in [-0.25, -0.2) is 0 Å². The molecule has 5 heterocycles. The summed E-state index contributed by atoms with van der Waals surface area (Å²) in [6, 6.07) is 48.5. The van der Waals surface area contributed by atoms with E-state index in [4.69, 9.17) is 22.1 Å². The van der Waals surface area contributed by atoms with E-state index in [0.29, 0.717) is 0 Å². The maximum Gasteiger partial charge on any atom is 0.135 e. The summed E-state index contributed by atoms with van der Waals surface area (Å²) < 4.78 is 27.2. The van der Waals surface area contributed by atoms with E-state index in [2.05, 4.69) is 175 Å². The number of fused-ring (bicyclic) bond motifs is 6. The van der Waals surface area contributed by atoms with E-state index in [0.717, 1.165) is 120 Å². The fourth-order valence-electron chi connectivity index (χ4n) is 9.83. The molecule has 0 amide bonds. The van der Waals surface area contributed by atoms with Crippen LogP contribution in [0.3, 0.4) is 0 Å². The summed E-state index contributed by atoms with van der Waals surface area (Å²) >= 11 is 0. The first-order chi connectivity index (χ1) is 42.6. The molecule has 0 N–H and O–H groups in total. The second kappa shape index (κ2) is 38.6. The van der Waals surface area contributed by atoms with Gasteiger partial charge in [0.2, 0.25) is 0 Å². The minimum absolute atomic E-state index is 0.937. The average Bonchev–Trinajstić information content (AvgIpc) is 4.22. The molecule has 0 saturated carbocycles. The summed E-state index contributed by atoms with van der Waals surface area (Å²) in [6.07, 6.45) is 17.5. The summed E-state index contributed by atoms with van der Waals surface area (Å²) in [7, 11) is 12.9. The molecule has 0 aliphatic heterocycles. The minimum Gasteiger partial charge on any atom is -0.464 e. The first-order valence-electron chi connectivity index (χ1n) is 32.0. The van der Waals surface area contributed by atoms with E-state index in [1.165, 1.54) is 45.3 Å². The molecule has 11 aromatic rings. The largest absolute Gasteiger partial charge is 0.464 e. The highest BCUT2D eigenvalue weighted by Crippen LogP contribution is 2.29. The van der Waals surface area contributed by atoms with Crippen molar-refractivity contribution in [3.63, 3.8) is 0 Å². The molecule has 468 valence electrons. The fourth-order valence-corrected chi connectivity index (χ4v) is 9.83. The standard InChI is InChI=1S/C22H24N2O.2C21H22N2O2.6C2H6/c1-23(20-8-7-17-5-3-6-18(17)15-20)12-4-13-24(2)21-9-10-22-19(16-21)11-14-25-22;1-22(18-4-6-20-16(14-18)8-12-24-20)10-3-11-23(2)19-5-7-21-17(15-19)9-13-25-21;1-22(18-6-4-16-8-12-24-20(16)14-18)10-3-11-23(2)19-7-5-17-9-13-25-21(17)15-19;6*1-2/h3,5,7-11,14-16H,4,6,12-13H2,1-2H3;2*4-9,12-15H,3,10-11H2,1-2H3;6*1-2H3. The van der Waals surface area contributed by atoms with Crippen LogP contribution in [-0.2, 0) is 6.42 Å². The molecular weight excluding hydrogens is 1080 g/mol. The number of hydrogen-bond donors (Lipinski definition) is 0. The highest BCUT2D eigenvalue weighted by molar-refractivity contribution is 5.84. The predicted octanol–water partition coefficient (Wildman–Crippen LogP) is 21.4. The van der Waals surface area contributed by atoms with E-state index < -0.39 is 0 Å². The monoisotopic (exact) mass is 1180 g/mol. The Morgan fingerprint density at radius 1 is 0.276 bits per heavy atom. The van der Waals surface area contributed by atoms with E-state index in [1.54, 1.807) is 31.3 Å². The Hall–Kier alpha value is -8.44. The molecule has 11 heteroatoms. The molecule has 1 aliphatic rings. The van der Waals surface area contributed by atoms with Crippen LogP contribution in [0, 0.1) is 0 Å². The maximum atomic E-state index is 5.49. The van der Waals surface area contributed by atoms with Crippen molar-refractivity contribution in [3.05, 3.63) is 188 Å². The second-order valence-corrected chi connectivity index (χ2v) is 19.8. The van der Waals surface area contributed by atoms with E-state index >= 15 is 0 Å². The number of anilines is 6. The third-order valence-corrected chi connectivity index (χ3v) is 14.6. The lowest BCUT2D eigenvalue weighted by atomic mass is 10.1. The van der Waals surface area contributed by atoms with Gasteiger partial charge in [0.1, 0.15) is 27.9 Å². The van der Waals surface area contributed by atoms with Gasteiger partial charge in [-0.2, -0.15) is 0 Å². The first kappa shape index (κ1) is 71.0. The van der Waals surface area contributed by atoms with Crippen molar-refractivity contribution in [2.75, 3.05) is 111 Å². The van der Waals surface area contributed by atoms with Crippen LogP contribution < -0.4 is 29.4 Å². The number of benzene rings is 6. The van der Waals surface area contributed by atoms with E-state index in [1.807, 2.05) is 132 Å². The molecule has 0 fully saturated rings. The molecule has 5 aromatic heterocycles. The summed E-state index contributed by atoms with van der Waals surface area (Å²) in [5.41, 5.74) is 14.9. The lowest BCUT2D eigenvalue weighted by molar-refractivity contribution is 0.615. The molecule has 11 nitrogen and oxygen atoms in total. The van der Waals surface area contributed by atoms with Gasteiger partial charge < -0.3 is 51.5 Å². The molecule has 0 radical (unpaired) electrons. The van der Waals surface area contributed by atoms with E-state index in [-0.39, 0.29) is 0 Å². The van der Waals surface area contributed by atoms with Crippen molar-refractivity contribution < 1.29 is 22.1 Å². The number of nitrogens with zero attached hydrogens (tertiary/aromatic N) is 6. The number of furan rings is 5. The van der Waals surface area contributed by atoms with Crippen LogP contribution in [0.4, 0.5) is 34.1 Å². The molecule has 0 unspecified atom stereocenters. The zero-order valence-corrected chi connectivity index (χ0v) is 56.1. The van der Waals surface area contributed by atoms with Gasteiger partial charge in [0, 0.05) is 155 Å². The fraction of sp³-hybridized carbons (Fsp3) is 0.368. The quantitative estimate of drug-likeness (QED) is 0.0823. The molecule has 0 spiro atoms. The van der Waals surface area contributed by atoms with Crippen LogP contribution in [0.25, 0.3) is 60.9 Å². The predicted molar refractivity (Wildman–Crippen MR) is 382 cm³/mol. The van der Waals surface area contributed by atoms with Crippen molar-refractivity contribution in [2.45, 2.75) is 109 Å². The molecule has 0 atom stereocenters. The number of hydrogen-bond acceptors (Lipinski definition) is 11. The van der Waals surface area contributed by atoms with Gasteiger partial charge in [0.15, 0.2) is 0 Å². The molecular formula is C76H104N6O5. The van der Waals surface area contributed by atoms with Crippen LogP contribution >= 0.6 is 0 Å². The average molecular weight is 1180 g/mol. The van der Waals surface area contributed by atoms with Crippen molar-refractivity contribution in [1.82, 2.24) is 0 Å². The lowest BCUT2D eigenvalue weighted by Crippen LogP contribution is -2.25. The first-order valence-corrected chi connectivity index (χ1v) is 32.0. The van der Waals surface area contributed by atoms with Crippen LogP contribution in [-0.4, -0.2) is 81.6 Å². The Balaban J connectivity index is 0.000000257. The zero-order chi connectivity index (χ0) is 63.7. The Labute approximate surface area is 522 Å². The second-order valence-electron chi connectivity index (χ2n) is 19.8. The summed E-state index contributed by atoms with van der Waals surface area (Å²) in [6.45, 7) is 30.0. The van der Waals surface area contributed by atoms with Crippen LogP contribution in [0.1, 0.15) is 113 Å². The SMILES string of the molecule is CC.CC.CC.CC.CC.CC.CN(CCCN(C)c1ccc2ccoc2c1)c1ccc2ccoc2c1.CN(CCCN(C)c1ccc2occc2c1)c1ccc2c(c1)CC=C2.CN(CCCN(C)c1ccc2occc2c1)c1ccc2occc2c1. The molecule has 0 bridgehead atoms. The van der Waals surface area contributed by atoms with Gasteiger partial charge >= 0.3 is 0 Å². The van der Waals surface area contributed by atoms with Gasteiger partial charge in [-0.3, -0.25) is 0 Å². The normalized spacial score (nSPS) is 10.5. The van der Waals surface area contributed by atoms with Crippen molar-refractivity contribution in [1.29, 1.82) is 0 Å². The summed E-state index contributed by atoms with van der Waals surface area (Å²) in [4.78, 5) is 13.8. The minimum atomic E-state index is 0.937. The van der Waals surface area contributed by atoms with Gasteiger partial charge in [0.05, 0.1) is 31.3 Å². The molecule has 0 saturated heterocycles. The van der Waals surface area contributed by atoms with E-state index in [9.17, 15) is 0 Å². The Bertz CT molecular complexity index is 3310. The van der Waals surface area contributed by atoms with Gasteiger partial charge in [-0.05, 0) is 158 Å². The highest BCUT2D eigenvalue weighted by Gasteiger charge is 2.12.